The van der Waals surface area contributed by atoms with Crippen LogP contribution in [0.1, 0.15) is 5.82 Å². The van der Waals surface area contributed by atoms with E-state index in [9.17, 15) is 18.0 Å². The predicted molar refractivity (Wildman–Crippen MR) is 107 cm³/mol. The first-order valence-electron chi connectivity index (χ1n) is 8.49. The first kappa shape index (κ1) is 19.7. The standard InChI is InChI=1S/C19H20N4O4S/c1-13-20-17-10-5-4-9-16(17)19(25)23(13)12-18(24)21-14-7-6-8-15(11-14)28(26,27)22(2)3/h4-11H,12H2,1-3H3,(H,21,24). The molecule has 8 nitrogen and oxygen atoms in total. The molecule has 0 atom stereocenters. The molecular weight excluding hydrogens is 380 g/mol. The fourth-order valence-electron chi connectivity index (χ4n) is 2.75. The summed E-state index contributed by atoms with van der Waals surface area (Å²) in [6.07, 6.45) is 0. The minimum atomic E-state index is -3.62. The van der Waals surface area contributed by atoms with Crippen molar-refractivity contribution in [3.05, 3.63) is 64.7 Å². The molecule has 0 aliphatic heterocycles. The van der Waals surface area contributed by atoms with E-state index in [-0.39, 0.29) is 17.0 Å². The van der Waals surface area contributed by atoms with E-state index in [1.54, 1.807) is 43.3 Å². The fraction of sp³-hybridized carbons (Fsp3) is 0.211. The second-order valence-electron chi connectivity index (χ2n) is 6.43. The number of aryl methyl sites for hydroxylation is 1. The summed E-state index contributed by atoms with van der Waals surface area (Å²) in [7, 11) is -0.749. The van der Waals surface area contributed by atoms with Crippen LogP contribution in [0.15, 0.2) is 58.2 Å². The molecule has 0 saturated heterocycles. The highest BCUT2D eigenvalue weighted by atomic mass is 32.2. The molecule has 146 valence electrons. The SMILES string of the molecule is Cc1nc2ccccc2c(=O)n1CC(=O)Nc1cccc(S(=O)(=O)N(C)C)c1. The van der Waals surface area contributed by atoms with Crippen molar-refractivity contribution < 1.29 is 13.2 Å². The molecule has 0 radical (unpaired) electrons. The molecule has 0 unspecified atom stereocenters. The number of sulfonamides is 1. The van der Waals surface area contributed by atoms with E-state index in [1.165, 1.54) is 30.8 Å². The van der Waals surface area contributed by atoms with Crippen LogP contribution in [0.25, 0.3) is 10.9 Å². The number of carbonyl (C=O) groups is 1. The zero-order valence-corrected chi connectivity index (χ0v) is 16.5. The summed E-state index contributed by atoms with van der Waals surface area (Å²) >= 11 is 0. The highest BCUT2D eigenvalue weighted by molar-refractivity contribution is 7.89. The molecule has 0 aliphatic rings. The molecule has 28 heavy (non-hydrogen) atoms. The second-order valence-corrected chi connectivity index (χ2v) is 8.58. The van der Waals surface area contributed by atoms with Crippen molar-refractivity contribution in [1.29, 1.82) is 0 Å². The Morgan fingerprint density at radius 3 is 2.57 bits per heavy atom. The predicted octanol–water partition coefficient (Wildman–Crippen LogP) is 1.59. The Morgan fingerprint density at radius 1 is 1.14 bits per heavy atom. The highest BCUT2D eigenvalue weighted by Gasteiger charge is 2.18. The molecule has 0 spiro atoms. The maximum Gasteiger partial charge on any atom is 0.261 e. The Bertz CT molecular complexity index is 1220. The van der Waals surface area contributed by atoms with Crippen molar-refractivity contribution in [2.24, 2.45) is 0 Å². The second kappa shape index (κ2) is 7.53. The van der Waals surface area contributed by atoms with Crippen molar-refractivity contribution in [2.75, 3.05) is 19.4 Å². The minimum Gasteiger partial charge on any atom is -0.324 e. The first-order chi connectivity index (χ1) is 13.2. The Balaban J connectivity index is 1.86. The molecule has 0 bridgehead atoms. The fourth-order valence-corrected chi connectivity index (χ4v) is 3.70. The van der Waals surface area contributed by atoms with Crippen LogP contribution < -0.4 is 10.9 Å². The lowest BCUT2D eigenvalue weighted by Gasteiger charge is -2.13. The number of carbonyl (C=O) groups excluding carboxylic acids is 1. The Hall–Kier alpha value is -3.04. The van der Waals surface area contributed by atoms with Gasteiger partial charge in [0.1, 0.15) is 12.4 Å². The van der Waals surface area contributed by atoms with Crippen LogP contribution in [-0.2, 0) is 21.4 Å². The molecule has 9 heteroatoms. The molecule has 0 aliphatic carbocycles. The molecule has 0 fully saturated rings. The Labute approximate surface area is 162 Å². The van der Waals surface area contributed by atoms with E-state index >= 15 is 0 Å². The summed E-state index contributed by atoms with van der Waals surface area (Å²) in [5.41, 5.74) is 0.595. The molecule has 1 amide bonds. The third-order valence-corrected chi connectivity index (χ3v) is 6.06. The van der Waals surface area contributed by atoms with E-state index < -0.39 is 15.9 Å². The minimum absolute atomic E-state index is 0.0658. The average Bonchev–Trinajstić information content (AvgIpc) is 2.65. The first-order valence-corrected chi connectivity index (χ1v) is 9.93. The van der Waals surface area contributed by atoms with Crippen molar-refractivity contribution in [3.63, 3.8) is 0 Å². The Morgan fingerprint density at radius 2 is 1.86 bits per heavy atom. The summed E-state index contributed by atoms with van der Waals surface area (Å²) in [6.45, 7) is 1.43. The molecule has 0 saturated carbocycles. The maximum absolute atomic E-state index is 12.7. The van der Waals surface area contributed by atoms with Gasteiger partial charge in [-0.2, -0.15) is 0 Å². The van der Waals surface area contributed by atoms with Gasteiger partial charge in [0.15, 0.2) is 0 Å². The summed E-state index contributed by atoms with van der Waals surface area (Å²) in [4.78, 5) is 29.5. The zero-order chi connectivity index (χ0) is 20.5. The molecule has 1 heterocycles. The lowest BCUT2D eigenvalue weighted by Crippen LogP contribution is -2.30. The molecule has 2 aromatic carbocycles. The van der Waals surface area contributed by atoms with Crippen LogP contribution in [0.4, 0.5) is 5.69 Å². The molecular formula is C19H20N4O4S. The smallest absolute Gasteiger partial charge is 0.261 e. The summed E-state index contributed by atoms with van der Waals surface area (Å²) in [5, 5.41) is 3.07. The van der Waals surface area contributed by atoms with Gasteiger partial charge in [-0.3, -0.25) is 14.2 Å². The van der Waals surface area contributed by atoms with Gasteiger partial charge in [-0.05, 0) is 37.3 Å². The van der Waals surface area contributed by atoms with Gasteiger partial charge >= 0.3 is 0 Å². The van der Waals surface area contributed by atoms with E-state index in [1.807, 2.05) is 0 Å². The third kappa shape index (κ3) is 3.80. The van der Waals surface area contributed by atoms with Crippen LogP contribution in [0.5, 0.6) is 0 Å². The van der Waals surface area contributed by atoms with Crippen molar-refractivity contribution in [1.82, 2.24) is 13.9 Å². The highest BCUT2D eigenvalue weighted by Crippen LogP contribution is 2.18. The van der Waals surface area contributed by atoms with Gasteiger partial charge < -0.3 is 5.32 Å². The van der Waals surface area contributed by atoms with Crippen molar-refractivity contribution in [3.8, 4) is 0 Å². The van der Waals surface area contributed by atoms with Crippen LogP contribution >= 0.6 is 0 Å². The van der Waals surface area contributed by atoms with E-state index in [2.05, 4.69) is 10.3 Å². The normalized spacial score (nSPS) is 11.7. The number of anilines is 1. The largest absolute Gasteiger partial charge is 0.324 e. The number of hydrogen-bond donors (Lipinski definition) is 1. The van der Waals surface area contributed by atoms with Gasteiger partial charge in [-0.15, -0.1) is 0 Å². The number of nitrogens with zero attached hydrogens (tertiary/aromatic N) is 3. The van der Waals surface area contributed by atoms with E-state index in [0.717, 1.165) is 4.31 Å². The number of amides is 1. The molecule has 3 aromatic rings. The van der Waals surface area contributed by atoms with Crippen LogP contribution in [0.3, 0.4) is 0 Å². The zero-order valence-electron chi connectivity index (χ0n) is 15.7. The summed E-state index contributed by atoms with van der Waals surface area (Å²) in [5.74, 6) is -0.0375. The monoisotopic (exact) mass is 400 g/mol. The molecule has 1 N–H and O–H groups in total. The van der Waals surface area contributed by atoms with Crippen LogP contribution in [0.2, 0.25) is 0 Å². The topological polar surface area (TPSA) is 101 Å². The van der Waals surface area contributed by atoms with Crippen molar-refractivity contribution in [2.45, 2.75) is 18.4 Å². The quantitative estimate of drug-likeness (QED) is 0.701. The molecule has 3 rings (SSSR count). The third-order valence-electron chi connectivity index (χ3n) is 4.25. The Kier molecular flexibility index (Phi) is 5.30. The van der Waals surface area contributed by atoms with Gasteiger partial charge in [0.05, 0.1) is 15.8 Å². The summed E-state index contributed by atoms with van der Waals surface area (Å²) < 4.78 is 26.9. The lowest BCUT2D eigenvalue weighted by atomic mass is 10.2. The number of aromatic nitrogens is 2. The number of fused-ring (bicyclic) bond motifs is 1. The van der Waals surface area contributed by atoms with Gasteiger partial charge in [0.25, 0.3) is 5.56 Å². The van der Waals surface area contributed by atoms with Gasteiger partial charge in [0.2, 0.25) is 15.9 Å². The van der Waals surface area contributed by atoms with Crippen LogP contribution in [0, 0.1) is 6.92 Å². The van der Waals surface area contributed by atoms with Gasteiger partial charge in [-0.25, -0.2) is 17.7 Å². The maximum atomic E-state index is 12.7. The van der Waals surface area contributed by atoms with E-state index in [4.69, 9.17) is 0 Å². The number of nitrogens with one attached hydrogen (secondary N) is 1. The van der Waals surface area contributed by atoms with Gasteiger partial charge in [-0.1, -0.05) is 18.2 Å². The number of hydrogen-bond acceptors (Lipinski definition) is 5. The number of benzene rings is 2. The van der Waals surface area contributed by atoms with Crippen LogP contribution in [-0.4, -0.2) is 42.3 Å². The lowest BCUT2D eigenvalue weighted by molar-refractivity contribution is -0.116. The van der Waals surface area contributed by atoms with Gasteiger partial charge in [0, 0.05) is 19.8 Å². The van der Waals surface area contributed by atoms with E-state index in [0.29, 0.717) is 22.4 Å². The summed E-state index contributed by atoms with van der Waals surface area (Å²) in [6, 6.07) is 12.9. The number of rotatable bonds is 5. The van der Waals surface area contributed by atoms with Crippen molar-refractivity contribution >= 4 is 32.5 Å². The molecule has 1 aromatic heterocycles. The average molecular weight is 400 g/mol. The number of para-hydroxylation sites is 1.